The van der Waals surface area contributed by atoms with Crippen LogP contribution in [0.1, 0.15) is 17.0 Å². The van der Waals surface area contributed by atoms with Crippen LogP contribution in [-0.4, -0.2) is 11.9 Å². The molecule has 1 aliphatic rings. The molecular weight excluding hydrogens is 248 g/mol. The maximum Gasteiger partial charge on any atom is 0.242 e. The molecule has 0 spiro atoms. The lowest BCUT2D eigenvalue weighted by Gasteiger charge is -2.27. The molecule has 0 aliphatic carbocycles. The Morgan fingerprint density at radius 3 is 2.15 bits per heavy atom. The molecule has 3 heteroatoms. The Kier molecular flexibility index (Phi) is 3.35. The van der Waals surface area contributed by atoms with E-state index in [0.717, 1.165) is 16.8 Å². The van der Waals surface area contributed by atoms with Gasteiger partial charge in [0.15, 0.2) is 0 Å². The number of amides is 1. The molecule has 1 aliphatic heterocycles. The summed E-state index contributed by atoms with van der Waals surface area (Å²) in [5, 5.41) is 2.88. The molecule has 100 valence electrons. The van der Waals surface area contributed by atoms with Gasteiger partial charge in [-0.25, -0.2) is 0 Å². The fourth-order valence-electron chi connectivity index (χ4n) is 2.47. The molecule has 0 aromatic heterocycles. The van der Waals surface area contributed by atoms with E-state index in [1.165, 1.54) is 0 Å². The average molecular weight is 264 g/mol. The molecule has 2 atom stereocenters. The Morgan fingerprint density at radius 1 is 0.900 bits per heavy atom. The average Bonchev–Trinajstić information content (AvgIpc) is 2.51. The van der Waals surface area contributed by atoms with Gasteiger partial charge in [0.1, 0.15) is 0 Å². The number of hydrogen-bond donors (Lipinski definition) is 2. The molecule has 0 fully saturated rings. The van der Waals surface area contributed by atoms with E-state index in [0.29, 0.717) is 0 Å². The van der Waals surface area contributed by atoms with Crippen LogP contribution in [0.3, 0.4) is 0 Å². The summed E-state index contributed by atoms with van der Waals surface area (Å²) < 4.78 is 0. The molecule has 0 saturated heterocycles. The summed E-state index contributed by atoms with van der Waals surface area (Å²) in [6.07, 6.45) is 2.04. The highest BCUT2D eigenvalue weighted by molar-refractivity contribution is 5.94. The zero-order valence-electron chi connectivity index (χ0n) is 11.0. The van der Waals surface area contributed by atoms with Crippen molar-refractivity contribution in [1.82, 2.24) is 5.32 Å². The van der Waals surface area contributed by atoms with Crippen LogP contribution in [0.4, 0.5) is 0 Å². The summed E-state index contributed by atoms with van der Waals surface area (Å²) in [6, 6.07) is 19.2. The highest BCUT2D eigenvalue weighted by Gasteiger charge is 2.29. The first-order chi connectivity index (χ1) is 9.75. The van der Waals surface area contributed by atoms with E-state index in [1.807, 2.05) is 66.7 Å². The van der Waals surface area contributed by atoms with E-state index < -0.39 is 6.04 Å². The van der Waals surface area contributed by atoms with Crippen molar-refractivity contribution in [3.8, 4) is 0 Å². The van der Waals surface area contributed by atoms with Gasteiger partial charge >= 0.3 is 0 Å². The van der Waals surface area contributed by atoms with E-state index in [4.69, 9.17) is 5.73 Å². The molecule has 0 radical (unpaired) electrons. The number of nitrogens with one attached hydrogen (secondary N) is 1. The number of benzene rings is 2. The van der Waals surface area contributed by atoms with Gasteiger partial charge in [-0.3, -0.25) is 4.79 Å². The van der Waals surface area contributed by atoms with Crippen molar-refractivity contribution in [2.24, 2.45) is 5.73 Å². The molecule has 3 N–H and O–H groups in total. The number of carbonyl (C=O) groups is 1. The van der Waals surface area contributed by atoms with Crippen molar-refractivity contribution < 1.29 is 4.79 Å². The predicted octanol–water partition coefficient (Wildman–Crippen LogP) is 2.27. The van der Waals surface area contributed by atoms with Gasteiger partial charge < -0.3 is 11.1 Å². The van der Waals surface area contributed by atoms with Crippen LogP contribution in [0.25, 0.3) is 5.70 Å². The molecule has 20 heavy (non-hydrogen) atoms. The molecule has 2 aromatic carbocycles. The van der Waals surface area contributed by atoms with Crippen LogP contribution in [0.15, 0.2) is 66.7 Å². The van der Waals surface area contributed by atoms with E-state index in [1.54, 1.807) is 0 Å². The van der Waals surface area contributed by atoms with Gasteiger partial charge in [-0.05, 0) is 11.1 Å². The highest BCUT2D eigenvalue weighted by Crippen LogP contribution is 2.28. The Balaban J connectivity index is 2.02. The van der Waals surface area contributed by atoms with Crippen LogP contribution in [0, 0.1) is 0 Å². The van der Waals surface area contributed by atoms with E-state index in [9.17, 15) is 4.79 Å². The van der Waals surface area contributed by atoms with Crippen molar-refractivity contribution >= 4 is 11.6 Å². The lowest BCUT2D eigenvalue weighted by atomic mass is 9.87. The second kappa shape index (κ2) is 5.31. The van der Waals surface area contributed by atoms with Crippen LogP contribution >= 0.6 is 0 Å². The number of hydrogen-bond acceptors (Lipinski definition) is 2. The number of carbonyl (C=O) groups excluding carboxylic acids is 1. The molecule has 3 nitrogen and oxygen atoms in total. The molecule has 1 amide bonds. The van der Waals surface area contributed by atoms with Crippen LogP contribution in [-0.2, 0) is 4.79 Å². The highest BCUT2D eigenvalue weighted by atomic mass is 16.2. The molecule has 2 aromatic rings. The van der Waals surface area contributed by atoms with Crippen LogP contribution in [0.2, 0.25) is 0 Å². The first-order valence-corrected chi connectivity index (χ1v) is 6.64. The number of nitrogens with two attached hydrogens (primary N) is 1. The minimum atomic E-state index is -0.551. The zero-order chi connectivity index (χ0) is 13.9. The summed E-state index contributed by atoms with van der Waals surface area (Å²) >= 11 is 0. The van der Waals surface area contributed by atoms with E-state index in [2.05, 4.69) is 5.32 Å². The lowest BCUT2D eigenvalue weighted by molar-refractivity contribution is -0.121. The quantitative estimate of drug-likeness (QED) is 0.874. The largest absolute Gasteiger partial charge is 0.324 e. The molecular formula is C17H16N2O. The Bertz CT molecular complexity index is 635. The summed E-state index contributed by atoms with van der Waals surface area (Å²) in [6.45, 7) is 0. The second-order valence-electron chi connectivity index (χ2n) is 4.90. The fraction of sp³-hybridized carbons (Fsp3) is 0.118. The van der Waals surface area contributed by atoms with Gasteiger partial charge in [-0.15, -0.1) is 0 Å². The monoisotopic (exact) mass is 264 g/mol. The van der Waals surface area contributed by atoms with Gasteiger partial charge in [0.05, 0.1) is 6.04 Å². The normalized spacial score (nSPS) is 22.1. The van der Waals surface area contributed by atoms with Crippen molar-refractivity contribution in [1.29, 1.82) is 0 Å². The lowest BCUT2D eigenvalue weighted by Crippen LogP contribution is -2.46. The van der Waals surface area contributed by atoms with Crippen molar-refractivity contribution in [2.75, 3.05) is 0 Å². The van der Waals surface area contributed by atoms with Crippen molar-refractivity contribution in [3.63, 3.8) is 0 Å². The third-order valence-corrected chi connectivity index (χ3v) is 3.56. The smallest absolute Gasteiger partial charge is 0.242 e. The molecule has 0 saturated carbocycles. The standard InChI is InChI=1S/C17H16N2O/c18-16-14(12-7-3-1-4-8-12)11-15(19-17(16)20)13-9-5-2-6-10-13/h1-11,14,16H,18H2,(H,19,20)/t14-,16-/m1/s1. The van der Waals surface area contributed by atoms with Gasteiger partial charge in [-0.2, -0.15) is 0 Å². The second-order valence-corrected chi connectivity index (χ2v) is 4.90. The minimum Gasteiger partial charge on any atom is -0.324 e. The summed E-state index contributed by atoms with van der Waals surface area (Å²) in [7, 11) is 0. The summed E-state index contributed by atoms with van der Waals surface area (Å²) in [5.41, 5.74) is 8.92. The van der Waals surface area contributed by atoms with Gasteiger partial charge in [0.2, 0.25) is 5.91 Å². The maximum atomic E-state index is 12.1. The van der Waals surface area contributed by atoms with Crippen LogP contribution in [0.5, 0.6) is 0 Å². The van der Waals surface area contributed by atoms with Gasteiger partial charge in [0.25, 0.3) is 0 Å². The first kappa shape index (κ1) is 12.6. The zero-order valence-corrected chi connectivity index (χ0v) is 11.0. The van der Waals surface area contributed by atoms with Gasteiger partial charge in [0, 0.05) is 11.6 Å². The van der Waals surface area contributed by atoms with Crippen molar-refractivity contribution in [2.45, 2.75) is 12.0 Å². The molecule has 0 unspecified atom stereocenters. The van der Waals surface area contributed by atoms with Crippen LogP contribution < -0.4 is 11.1 Å². The van der Waals surface area contributed by atoms with Gasteiger partial charge in [-0.1, -0.05) is 66.7 Å². The molecule has 0 bridgehead atoms. The topological polar surface area (TPSA) is 55.1 Å². The molecule has 3 rings (SSSR count). The third-order valence-electron chi connectivity index (χ3n) is 3.56. The Labute approximate surface area is 118 Å². The summed E-state index contributed by atoms with van der Waals surface area (Å²) in [4.78, 5) is 12.1. The van der Waals surface area contributed by atoms with Crippen molar-refractivity contribution in [3.05, 3.63) is 77.9 Å². The Hall–Kier alpha value is -2.39. The Morgan fingerprint density at radius 2 is 1.50 bits per heavy atom. The molecule has 1 heterocycles. The summed E-state index contributed by atoms with van der Waals surface area (Å²) in [5.74, 6) is -0.236. The third kappa shape index (κ3) is 2.36. The van der Waals surface area contributed by atoms with E-state index >= 15 is 0 Å². The maximum absolute atomic E-state index is 12.1. The number of rotatable bonds is 2. The predicted molar refractivity (Wildman–Crippen MR) is 79.7 cm³/mol. The van der Waals surface area contributed by atoms with E-state index in [-0.39, 0.29) is 11.8 Å². The minimum absolute atomic E-state index is 0.0971. The first-order valence-electron chi connectivity index (χ1n) is 6.64. The fourth-order valence-corrected chi connectivity index (χ4v) is 2.47. The SMILES string of the molecule is N[C@H]1C(=O)NC(c2ccccc2)=C[C@@H]1c1ccccc1.